The maximum absolute atomic E-state index is 12.9. The first kappa shape index (κ1) is 29.3. The molecule has 2 aromatic rings. The first-order valence-electron chi connectivity index (χ1n) is 12.2. The van der Waals surface area contributed by atoms with Crippen LogP contribution in [0.5, 0.6) is 5.75 Å². The number of hydrogen-bond donors (Lipinski definition) is 1. The zero-order valence-electron chi connectivity index (χ0n) is 21.3. The molecule has 1 saturated heterocycles. The fraction of sp³-hybridized carbons (Fsp3) is 0.458. The van der Waals surface area contributed by atoms with Gasteiger partial charge in [0.05, 0.1) is 28.3 Å². The molecule has 0 radical (unpaired) electrons. The van der Waals surface area contributed by atoms with E-state index >= 15 is 0 Å². The van der Waals surface area contributed by atoms with Crippen LogP contribution >= 0.6 is 0 Å². The summed E-state index contributed by atoms with van der Waals surface area (Å²) in [5, 5.41) is 13.8. The van der Waals surface area contributed by atoms with E-state index in [-0.39, 0.29) is 35.8 Å². The third-order valence-electron chi connectivity index (χ3n) is 6.07. The number of ether oxygens (including phenoxy) is 1. The van der Waals surface area contributed by atoms with Gasteiger partial charge < -0.3 is 10.1 Å². The van der Waals surface area contributed by atoms with Gasteiger partial charge in [-0.25, -0.2) is 16.8 Å². The Kier molecular flexibility index (Phi) is 9.68. The van der Waals surface area contributed by atoms with E-state index < -0.39 is 36.9 Å². The number of nitro groups is 1. The van der Waals surface area contributed by atoms with Crippen LogP contribution in [0, 0.1) is 10.1 Å². The third kappa shape index (κ3) is 7.20. The number of nitrogens with zero attached hydrogens (tertiary/aromatic N) is 3. The standard InChI is InChI=1S/C24H32N4O8S2/c1-3-23(27(37(2,32)33)19-8-7-9-20(18-19)28(30)31)24(29)25-14-17-36-21-10-12-22(13-11-21)38(34,35)26-15-5-4-6-16-26/h7-13,18,23H,3-6,14-17H2,1-2H3,(H,25,29). The van der Waals surface area contributed by atoms with E-state index in [1.165, 1.54) is 34.6 Å². The van der Waals surface area contributed by atoms with Crippen LogP contribution in [0.1, 0.15) is 32.6 Å². The number of amides is 1. The normalized spacial score (nSPS) is 15.4. The Labute approximate surface area is 222 Å². The van der Waals surface area contributed by atoms with Crippen LogP contribution in [-0.4, -0.2) is 70.5 Å². The molecule has 208 valence electrons. The van der Waals surface area contributed by atoms with Crippen molar-refractivity contribution < 1.29 is 31.3 Å². The van der Waals surface area contributed by atoms with Crippen LogP contribution in [-0.2, 0) is 24.8 Å². The second-order valence-corrected chi connectivity index (χ2v) is 12.6. The molecule has 1 amide bonds. The van der Waals surface area contributed by atoms with E-state index in [0.29, 0.717) is 18.8 Å². The first-order valence-corrected chi connectivity index (χ1v) is 15.5. The second-order valence-electron chi connectivity index (χ2n) is 8.84. The van der Waals surface area contributed by atoms with Gasteiger partial charge in [0.2, 0.25) is 26.0 Å². The first-order chi connectivity index (χ1) is 17.9. The van der Waals surface area contributed by atoms with E-state index in [4.69, 9.17) is 4.74 Å². The summed E-state index contributed by atoms with van der Waals surface area (Å²) >= 11 is 0. The summed E-state index contributed by atoms with van der Waals surface area (Å²) in [4.78, 5) is 23.6. The number of hydrogen-bond acceptors (Lipinski definition) is 8. The number of sulfonamides is 2. The lowest BCUT2D eigenvalue weighted by molar-refractivity contribution is -0.384. The lowest BCUT2D eigenvalue weighted by Crippen LogP contribution is -2.50. The van der Waals surface area contributed by atoms with Gasteiger partial charge in [-0.3, -0.25) is 19.2 Å². The van der Waals surface area contributed by atoms with Gasteiger partial charge in [-0.2, -0.15) is 4.31 Å². The molecular formula is C24H32N4O8S2. The SMILES string of the molecule is CCC(C(=O)NCCOc1ccc(S(=O)(=O)N2CCCCC2)cc1)N(c1cccc([N+](=O)[O-])c1)S(C)(=O)=O. The Morgan fingerprint density at radius 3 is 2.34 bits per heavy atom. The second kappa shape index (κ2) is 12.5. The maximum Gasteiger partial charge on any atom is 0.271 e. The van der Waals surface area contributed by atoms with Gasteiger partial charge in [0.25, 0.3) is 5.69 Å². The number of carbonyl (C=O) groups is 1. The number of piperidine rings is 1. The van der Waals surface area contributed by atoms with Gasteiger partial charge >= 0.3 is 0 Å². The summed E-state index contributed by atoms with van der Waals surface area (Å²) in [6.07, 6.45) is 3.77. The molecule has 0 aromatic heterocycles. The molecule has 1 N–H and O–H groups in total. The quantitative estimate of drug-likeness (QED) is 0.233. The number of nitrogens with one attached hydrogen (secondary N) is 1. The molecule has 1 heterocycles. The molecule has 3 rings (SSSR count). The number of anilines is 1. The molecule has 1 fully saturated rings. The van der Waals surface area contributed by atoms with Crippen molar-refractivity contribution in [2.75, 3.05) is 36.8 Å². The average molecular weight is 569 g/mol. The van der Waals surface area contributed by atoms with Crippen molar-refractivity contribution in [3.8, 4) is 5.75 Å². The minimum atomic E-state index is -3.95. The molecule has 0 bridgehead atoms. The van der Waals surface area contributed by atoms with E-state index in [2.05, 4.69) is 5.32 Å². The number of rotatable bonds is 12. The average Bonchev–Trinajstić information content (AvgIpc) is 2.89. The molecule has 0 spiro atoms. The highest BCUT2D eigenvalue weighted by molar-refractivity contribution is 7.92. The van der Waals surface area contributed by atoms with Crippen LogP contribution < -0.4 is 14.4 Å². The fourth-order valence-electron chi connectivity index (χ4n) is 4.23. The monoisotopic (exact) mass is 568 g/mol. The lowest BCUT2D eigenvalue weighted by Gasteiger charge is -2.30. The molecule has 1 aliphatic rings. The van der Waals surface area contributed by atoms with Crippen LogP contribution in [0.3, 0.4) is 0 Å². The molecule has 14 heteroatoms. The van der Waals surface area contributed by atoms with Crippen LogP contribution in [0.2, 0.25) is 0 Å². The van der Waals surface area contributed by atoms with Crippen molar-refractivity contribution in [3.05, 3.63) is 58.6 Å². The minimum Gasteiger partial charge on any atom is -0.492 e. The molecule has 0 aliphatic carbocycles. The summed E-state index contributed by atoms with van der Waals surface area (Å²) in [6, 6.07) is 10.00. The summed E-state index contributed by atoms with van der Waals surface area (Å²) in [6.45, 7) is 2.76. The lowest BCUT2D eigenvalue weighted by atomic mass is 10.2. The Balaban J connectivity index is 1.60. The number of nitro benzene ring substituents is 1. The molecule has 1 aliphatic heterocycles. The van der Waals surface area contributed by atoms with Crippen molar-refractivity contribution in [1.82, 2.24) is 9.62 Å². The fourth-order valence-corrected chi connectivity index (χ4v) is 6.95. The van der Waals surface area contributed by atoms with E-state index in [1.54, 1.807) is 19.1 Å². The van der Waals surface area contributed by atoms with E-state index in [1.807, 2.05) is 0 Å². The van der Waals surface area contributed by atoms with Crippen LogP contribution in [0.4, 0.5) is 11.4 Å². The van der Waals surface area contributed by atoms with E-state index in [0.717, 1.165) is 35.9 Å². The summed E-state index contributed by atoms with van der Waals surface area (Å²) < 4.78 is 58.6. The van der Waals surface area contributed by atoms with Crippen molar-refractivity contribution in [1.29, 1.82) is 0 Å². The van der Waals surface area contributed by atoms with Crippen molar-refractivity contribution in [2.24, 2.45) is 0 Å². The topological polar surface area (TPSA) is 156 Å². The molecule has 0 saturated carbocycles. The van der Waals surface area contributed by atoms with Gasteiger partial charge in [0.15, 0.2) is 0 Å². The van der Waals surface area contributed by atoms with Gasteiger partial charge in [-0.05, 0) is 49.6 Å². The van der Waals surface area contributed by atoms with Crippen LogP contribution in [0.25, 0.3) is 0 Å². The number of benzene rings is 2. The van der Waals surface area contributed by atoms with Crippen LogP contribution in [0.15, 0.2) is 53.4 Å². The Morgan fingerprint density at radius 1 is 1.11 bits per heavy atom. The molecule has 1 unspecified atom stereocenters. The Bertz CT molecular complexity index is 1340. The van der Waals surface area contributed by atoms with Gasteiger partial charge in [-0.1, -0.05) is 19.4 Å². The zero-order valence-corrected chi connectivity index (χ0v) is 22.9. The predicted molar refractivity (Wildman–Crippen MR) is 142 cm³/mol. The number of non-ortho nitro benzene ring substituents is 1. The molecular weight excluding hydrogens is 536 g/mol. The molecule has 2 aromatic carbocycles. The van der Waals surface area contributed by atoms with Gasteiger partial charge in [0, 0.05) is 25.2 Å². The molecule has 1 atom stereocenters. The third-order valence-corrected chi connectivity index (χ3v) is 9.16. The summed E-state index contributed by atoms with van der Waals surface area (Å²) in [5.74, 6) is -0.172. The largest absolute Gasteiger partial charge is 0.492 e. The van der Waals surface area contributed by atoms with Gasteiger partial charge in [0.1, 0.15) is 18.4 Å². The Morgan fingerprint density at radius 2 is 1.76 bits per heavy atom. The smallest absolute Gasteiger partial charge is 0.271 e. The highest BCUT2D eigenvalue weighted by Gasteiger charge is 2.32. The minimum absolute atomic E-state index is 0.0135. The number of carbonyl (C=O) groups excluding carboxylic acids is 1. The van der Waals surface area contributed by atoms with Crippen molar-refractivity contribution in [3.63, 3.8) is 0 Å². The molecule has 12 nitrogen and oxygen atoms in total. The zero-order chi connectivity index (χ0) is 27.9. The van der Waals surface area contributed by atoms with E-state index in [9.17, 15) is 31.7 Å². The molecule has 38 heavy (non-hydrogen) atoms. The maximum atomic E-state index is 12.9. The van der Waals surface area contributed by atoms with Gasteiger partial charge in [-0.15, -0.1) is 0 Å². The highest BCUT2D eigenvalue weighted by atomic mass is 32.2. The highest BCUT2D eigenvalue weighted by Crippen LogP contribution is 2.26. The summed E-state index contributed by atoms with van der Waals surface area (Å²) in [5.41, 5.74) is -0.283. The predicted octanol–water partition coefficient (Wildman–Crippen LogP) is 2.51. The van der Waals surface area contributed by atoms with Crippen molar-refractivity contribution in [2.45, 2.75) is 43.5 Å². The van der Waals surface area contributed by atoms with Crippen molar-refractivity contribution >= 4 is 37.3 Å². The Hall–Kier alpha value is -3.23. The summed E-state index contributed by atoms with van der Waals surface area (Å²) in [7, 11) is -7.50.